The molecule has 0 saturated heterocycles. The topological polar surface area (TPSA) is 17.8 Å². The summed E-state index contributed by atoms with van der Waals surface area (Å²) in [5, 5.41) is -0.0491. The van der Waals surface area contributed by atoms with Crippen LogP contribution in [0.4, 0.5) is 0 Å². The number of thioether (sulfide) groups is 1. The van der Waals surface area contributed by atoms with Crippen LogP contribution in [0.1, 0.15) is 30.1 Å². The summed E-state index contributed by atoms with van der Waals surface area (Å²) in [6.07, 6.45) is 3.29. The Morgan fingerprint density at radius 3 is 2.89 bits per heavy atom. The van der Waals surface area contributed by atoms with E-state index in [1.165, 1.54) is 16.8 Å². The van der Waals surface area contributed by atoms with Crippen molar-refractivity contribution in [3.63, 3.8) is 0 Å². The molecule has 1 heterocycles. The highest BCUT2D eigenvalue weighted by Crippen LogP contribution is 2.25. The van der Waals surface area contributed by atoms with Gasteiger partial charge in [-0.15, -0.1) is 11.6 Å². The van der Waals surface area contributed by atoms with E-state index in [0.29, 0.717) is 0 Å². The summed E-state index contributed by atoms with van der Waals surface area (Å²) in [4.78, 5) is 4.68. The molecule has 18 heavy (non-hydrogen) atoms. The van der Waals surface area contributed by atoms with Crippen LogP contribution in [0.2, 0.25) is 0 Å². The molecule has 0 bridgehead atoms. The maximum Gasteiger partial charge on any atom is 0.127 e. The van der Waals surface area contributed by atoms with Crippen molar-refractivity contribution in [2.24, 2.45) is 0 Å². The third-order valence-corrected chi connectivity index (χ3v) is 3.91. The monoisotopic (exact) mass is 282 g/mol. The lowest BCUT2D eigenvalue weighted by atomic mass is 10.2. The minimum Gasteiger partial charge on any atom is -0.327 e. The molecular weight excluding hydrogens is 264 g/mol. The molecule has 1 aromatic carbocycles. The highest BCUT2D eigenvalue weighted by Gasteiger charge is 2.14. The number of hydrogen-bond acceptors (Lipinski definition) is 2. The molecule has 0 aliphatic rings. The van der Waals surface area contributed by atoms with Gasteiger partial charge in [-0.05, 0) is 50.0 Å². The first-order valence-corrected chi connectivity index (χ1v) is 8.06. The van der Waals surface area contributed by atoms with Crippen LogP contribution in [0.3, 0.4) is 0 Å². The minimum absolute atomic E-state index is 0.0491. The van der Waals surface area contributed by atoms with E-state index in [9.17, 15) is 0 Å². The van der Waals surface area contributed by atoms with E-state index >= 15 is 0 Å². The second kappa shape index (κ2) is 5.98. The maximum atomic E-state index is 6.24. The maximum absolute atomic E-state index is 6.24. The van der Waals surface area contributed by atoms with Crippen molar-refractivity contribution >= 4 is 34.4 Å². The molecule has 2 rings (SSSR count). The van der Waals surface area contributed by atoms with Crippen LogP contribution < -0.4 is 0 Å². The normalized spacial score (nSPS) is 13.1. The zero-order chi connectivity index (χ0) is 13.1. The van der Waals surface area contributed by atoms with Crippen LogP contribution in [-0.4, -0.2) is 21.6 Å². The first-order chi connectivity index (χ1) is 8.63. The standard InChI is InChI=1S/C14H19ClN2S/c1-10-5-6-13-12(9-10)16-14(11(2)15)17(13)7-4-8-18-3/h5-6,9,11H,4,7-8H2,1-3H3. The van der Waals surface area contributed by atoms with Crippen LogP contribution in [0.15, 0.2) is 18.2 Å². The van der Waals surface area contributed by atoms with E-state index in [1.54, 1.807) is 0 Å². The highest BCUT2D eigenvalue weighted by molar-refractivity contribution is 7.98. The number of nitrogens with zero attached hydrogens (tertiary/aromatic N) is 2. The van der Waals surface area contributed by atoms with Crippen molar-refractivity contribution < 1.29 is 0 Å². The number of alkyl halides is 1. The van der Waals surface area contributed by atoms with Crippen LogP contribution in [0.25, 0.3) is 11.0 Å². The van der Waals surface area contributed by atoms with Crippen LogP contribution in [0, 0.1) is 6.92 Å². The Balaban J connectivity index is 2.42. The number of halogens is 1. The Kier molecular flexibility index (Phi) is 4.57. The number of hydrogen-bond donors (Lipinski definition) is 0. The fourth-order valence-corrected chi connectivity index (χ4v) is 2.75. The van der Waals surface area contributed by atoms with Gasteiger partial charge in [-0.25, -0.2) is 4.98 Å². The molecule has 4 heteroatoms. The van der Waals surface area contributed by atoms with E-state index in [0.717, 1.165) is 24.3 Å². The third-order valence-electron chi connectivity index (χ3n) is 3.02. The number of rotatable bonds is 5. The molecule has 0 N–H and O–H groups in total. The molecule has 0 radical (unpaired) electrons. The van der Waals surface area contributed by atoms with Crippen molar-refractivity contribution in [1.82, 2.24) is 9.55 Å². The summed E-state index contributed by atoms with van der Waals surface area (Å²) in [5.41, 5.74) is 3.50. The summed E-state index contributed by atoms with van der Waals surface area (Å²) >= 11 is 8.12. The number of aryl methyl sites for hydroxylation is 2. The number of fused-ring (bicyclic) bond motifs is 1. The van der Waals surface area contributed by atoms with Gasteiger partial charge in [0.2, 0.25) is 0 Å². The zero-order valence-corrected chi connectivity index (χ0v) is 12.7. The summed E-state index contributed by atoms with van der Waals surface area (Å²) in [7, 11) is 0. The Morgan fingerprint density at radius 2 is 2.22 bits per heavy atom. The molecule has 0 fully saturated rings. The van der Waals surface area contributed by atoms with E-state index < -0.39 is 0 Å². The van der Waals surface area contributed by atoms with Gasteiger partial charge in [0.1, 0.15) is 5.82 Å². The average molecular weight is 283 g/mol. The Bertz CT molecular complexity index is 534. The predicted octanol–water partition coefficient (Wildman–Crippen LogP) is 4.40. The first kappa shape index (κ1) is 13.8. The molecule has 0 aliphatic heterocycles. The lowest BCUT2D eigenvalue weighted by Crippen LogP contribution is -2.05. The lowest BCUT2D eigenvalue weighted by molar-refractivity contribution is 0.658. The quantitative estimate of drug-likeness (QED) is 0.598. The molecule has 0 spiro atoms. The first-order valence-electron chi connectivity index (χ1n) is 6.23. The van der Waals surface area contributed by atoms with Crippen LogP contribution >= 0.6 is 23.4 Å². The molecule has 2 aromatic rings. The van der Waals surface area contributed by atoms with Gasteiger partial charge in [0.15, 0.2) is 0 Å². The summed E-state index contributed by atoms with van der Waals surface area (Å²) < 4.78 is 2.27. The molecule has 1 aromatic heterocycles. The molecule has 0 saturated carbocycles. The van der Waals surface area contributed by atoms with Gasteiger partial charge in [-0.1, -0.05) is 6.07 Å². The third kappa shape index (κ3) is 2.83. The second-order valence-corrected chi connectivity index (χ2v) is 6.22. The van der Waals surface area contributed by atoms with Crippen molar-refractivity contribution in [1.29, 1.82) is 0 Å². The molecule has 0 amide bonds. The van der Waals surface area contributed by atoms with E-state index in [1.807, 2.05) is 18.7 Å². The largest absolute Gasteiger partial charge is 0.327 e. The zero-order valence-electron chi connectivity index (χ0n) is 11.1. The van der Waals surface area contributed by atoms with Gasteiger partial charge in [0.25, 0.3) is 0 Å². The summed E-state index contributed by atoms with van der Waals surface area (Å²) in [5.74, 6) is 2.15. The van der Waals surface area contributed by atoms with Gasteiger partial charge in [0.05, 0.1) is 16.4 Å². The smallest absolute Gasteiger partial charge is 0.127 e. The Labute approximate surface area is 118 Å². The fraction of sp³-hybridized carbons (Fsp3) is 0.500. The molecule has 1 atom stereocenters. The molecule has 0 aliphatic carbocycles. The number of benzene rings is 1. The van der Waals surface area contributed by atoms with Crippen LogP contribution in [-0.2, 0) is 6.54 Å². The van der Waals surface area contributed by atoms with Gasteiger partial charge in [-0.2, -0.15) is 11.8 Å². The van der Waals surface area contributed by atoms with Gasteiger partial charge >= 0.3 is 0 Å². The number of imidazole rings is 1. The minimum atomic E-state index is -0.0491. The van der Waals surface area contributed by atoms with Crippen LogP contribution in [0.5, 0.6) is 0 Å². The predicted molar refractivity (Wildman–Crippen MR) is 81.7 cm³/mol. The highest BCUT2D eigenvalue weighted by atomic mass is 35.5. The van der Waals surface area contributed by atoms with E-state index in [4.69, 9.17) is 11.6 Å². The van der Waals surface area contributed by atoms with Gasteiger partial charge in [-0.3, -0.25) is 0 Å². The molecule has 98 valence electrons. The number of aromatic nitrogens is 2. The Morgan fingerprint density at radius 1 is 1.44 bits per heavy atom. The Hall–Kier alpha value is -0.670. The van der Waals surface area contributed by atoms with Crippen molar-refractivity contribution in [2.45, 2.75) is 32.2 Å². The van der Waals surface area contributed by atoms with Gasteiger partial charge < -0.3 is 4.57 Å². The molecule has 1 unspecified atom stereocenters. The van der Waals surface area contributed by atoms with Crippen molar-refractivity contribution in [3.8, 4) is 0 Å². The summed E-state index contributed by atoms with van der Waals surface area (Å²) in [6, 6.07) is 6.42. The lowest BCUT2D eigenvalue weighted by Gasteiger charge is -2.10. The molecule has 2 nitrogen and oxygen atoms in total. The van der Waals surface area contributed by atoms with Crippen molar-refractivity contribution in [3.05, 3.63) is 29.6 Å². The molecular formula is C14H19ClN2S. The van der Waals surface area contributed by atoms with E-state index in [2.05, 4.69) is 40.9 Å². The van der Waals surface area contributed by atoms with E-state index in [-0.39, 0.29) is 5.38 Å². The SMILES string of the molecule is CSCCCn1c(C(C)Cl)nc2cc(C)ccc21. The van der Waals surface area contributed by atoms with Gasteiger partial charge in [0, 0.05) is 6.54 Å². The average Bonchev–Trinajstić information content (AvgIpc) is 2.68. The second-order valence-electron chi connectivity index (χ2n) is 4.58. The van der Waals surface area contributed by atoms with Crippen molar-refractivity contribution in [2.75, 3.05) is 12.0 Å². The summed E-state index contributed by atoms with van der Waals surface area (Å²) in [6.45, 7) is 5.07. The fourth-order valence-electron chi connectivity index (χ4n) is 2.16.